The Kier molecular flexibility index (Phi) is 6.01. The third-order valence-electron chi connectivity index (χ3n) is 3.76. The average molecular weight is 329 g/mol. The molecule has 0 fully saturated rings. The molecule has 1 aromatic heterocycles. The number of aryl methyl sites for hydroxylation is 1. The molecular formula is C19H27N3O2. The van der Waals surface area contributed by atoms with Gasteiger partial charge in [0.25, 0.3) is 5.91 Å². The van der Waals surface area contributed by atoms with Crippen molar-refractivity contribution >= 4 is 11.7 Å². The van der Waals surface area contributed by atoms with Crippen LogP contribution in [0.5, 0.6) is 5.75 Å². The van der Waals surface area contributed by atoms with Crippen LogP contribution < -0.4 is 10.1 Å². The minimum atomic E-state index is -0.185. The topological polar surface area (TPSA) is 56.1 Å². The van der Waals surface area contributed by atoms with Crippen LogP contribution in [0.3, 0.4) is 0 Å². The van der Waals surface area contributed by atoms with Crippen molar-refractivity contribution in [2.75, 3.05) is 11.9 Å². The molecule has 0 aliphatic heterocycles. The summed E-state index contributed by atoms with van der Waals surface area (Å²) < 4.78 is 7.52. The quantitative estimate of drug-likeness (QED) is 0.835. The summed E-state index contributed by atoms with van der Waals surface area (Å²) in [4.78, 5) is 12.2. The van der Waals surface area contributed by atoms with E-state index >= 15 is 0 Å². The number of nitrogens with zero attached hydrogens (tertiary/aromatic N) is 2. The van der Waals surface area contributed by atoms with E-state index in [-0.39, 0.29) is 12.5 Å². The van der Waals surface area contributed by atoms with E-state index in [9.17, 15) is 4.79 Å². The average Bonchev–Trinajstić information content (AvgIpc) is 2.92. The molecule has 0 radical (unpaired) electrons. The summed E-state index contributed by atoms with van der Waals surface area (Å²) in [5.41, 5.74) is 2.23. The van der Waals surface area contributed by atoms with Crippen LogP contribution in [0.2, 0.25) is 0 Å². The van der Waals surface area contributed by atoms with Gasteiger partial charge in [-0.1, -0.05) is 39.8 Å². The van der Waals surface area contributed by atoms with Gasteiger partial charge in [-0.15, -0.1) is 0 Å². The third-order valence-corrected chi connectivity index (χ3v) is 3.76. The normalized spacial score (nSPS) is 11.1. The Morgan fingerprint density at radius 2 is 2.00 bits per heavy atom. The smallest absolute Gasteiger partial charge is 0.263 e. The second kappa shape index (κ2) is 7.99. The lowest BCUT2D eigenvalue weighted by molar-refractivity contribution is -0.118. The molecule has 1 aromatic carbocycles. The van der Waals surface area contributed by atoms with Crippen LogP contribution in [-0.2, 0) is 11.3 Å². The Hall–Kier alpha value is -2.30. The van der Waals surface area contributed by atoms with E-state index in [1.165, 1.54) is 5.56 Å². The van der Waals surface area contributed by atoms with Gasteiger partial charge in [-0.25, -0.2) is 4.68 Å². The molecule has 2 rings (SSSR count). The van der Waals surface area contributed by atoms with E-state index in [2.05, 4.69) is 44.2 Å². The number of benzene rings is 1. The first kappa shape index (κ1) is 18.0. The van der Waals surface area contributed by atoms with E-state index in [0.717, 1.165) is 17.9 Å². The zero-order valence-corrected chi connectivity index (χ0v) is 15.2. The van der Waals surface area contributed by atoms with Gasteiger partial charge in [-0.2, -0.15) is 5.10 Å². The third kappa shape index (κ3) is 4.85. The molecule has 0 unspecified atom stereocenters. The number of nitrogens with one attached hydrogen (secondary N) is 1. The highest BCUT2D eigenvalue weighted by atomic mass is 16.5. The fourth-order valence-electron chi connectivity index (χ4n) is 2.38. The van der Waals surface area contributed by atoms with Gasteiger partial charge >= 0.3 is 0 Å². The maximum atomic E-state index is 12.2. The van der Waals surface area contributed by atoms with Crippen molar-refractivity contribution in [2.24, 2.45) is 5.92 Å². The van der Waals surface area contributed by atoms with Crippen LogP contribution in [0.15, 0.2) is 30.5 Å². The zero-order chi connectivity index (χ0) is 17.7. The van der Waals surface area contributed by atoms with Crippen molar-refractivity contribution in [3.05, 3.63) is 41.6 Å². The molecule has 0 saturated heterocycles. The zero-order valence-electron chi connectivity index (χ0n) is 15.2. The number of rotatable bonds is 7. The number of hydrogen-bond donors (Lipinski definition) is 1. The van der Waals surface area contributed by atoms with E-state index in [0.29, 0.717) is 17.7 Å². The van der Waals surface area contributed by atoms with Gasteiger partial charge in [0.2, 0.25) is 0 Å². The Morgan fingerprint density at radius 3 is 2.67 bits per heavy atom. The highest BCUT2D eigenvalue weighted by Crippen LogP contribution is 2.24. The highest BCUT2D eigenvalue weighted by Gasteiger charge is 2.11. The molecule has 0 aliphatic rings. The molecule has 5 heteroatoms. The maximum absolute atomic E-state index is 12.2. The summed E-state index contributed by atoms with van der Waals surface area (Å²) in [6, 6.07) is 7.93. The van der Waals surface area contributed by atoms with Crippen LogP contribution in [0.1, 0.15) is 44.7 Å². The van der Waals surface area contributed by atoms with Gasteiger partial charge in [-0.05, 0) is 36.0 Å². The summed E-state index contributed by atoms with van der Waals surface area (Å²) >= 11 is 0. The molecule has 0 saturated carbocycles. The SMILES string of the molecule is Cc1ccc(C(C)C)cc1OCC(=O)Nc1ccnn1CC(C)C. The van der Waals surface area contributed by atoms with Gasteiger partial charge < -0.3 is 10.1 Å². The second-order valence-electron chi connectivity index (χ2n) is 6.81. The minimum absolute atomic E-state index is 0.0186. The largest absolute Gasteiger partial charge is 0.483 e. The lowest BCUT2D eigenvalue weighted by atomic mass is 10.0. The molecule has 1 heterocycles. The van der Waals surface area contributed by atoms with Gasteiger partial charge in [0.1, 0.15) is 11.6 Å². The van der Waals surface area contributed by atoms with E-state index in [1.54, 1.807) is 16.9 Å². The lowest BCUT2D eigenvalue weighted by Crippen LogP contribution is -2.23. The fraction of sp³-hybridized carbons (Fsp3) is 0.474. The Balaban J connectivity index is 1.97. The molecule has 0 spiro atoms. The monoisotopic (exact) mass is 329 g/mol. The van der Waals surface area contributed by atoms with Crippen molar-refractivity contribution in [1.82, 2.24) is 9.78 Å². The van der Waals surface area contributed by atoms with Gasteiger partial charge in [0, 0.05) is 12.6 Å². The number of hydrogen-bond acceptors (Lipinski definition) is 3. The number of ether oxygens (including phenoxy) is 1. The Morgan fingerprint density at radius 1 is 1.25 bits per heavy atom. The summed E-state index contributed by atoms with van der Waals surface area (Å²) in [6.07, 6.45) is 1.69. The summed E-state index contributed by atoms with van der Waals surface area (Å²) in [5.74, 6) is 2.15. The van der Waals surface area contributed by atoms with Gasteiger partial charge in [0.15, 0.2) is 6.61 Å². The first-order valence-electron chi connectivity index (χ1n) is 8.41. The Labute approximate surface area is 144 Å². The maximum Gasteiger partial charge on any atom is 0.263 e. The Bertz CT molecular complexity index is 690. The molecule has 130 valence electrons. The molecule has 0 aliphatic carbocycles. The summed E-state index contributed by atoms with van der Waals surface area (Å²) in [5, 5.41) is 7.09. The molecule has 1 N–H and O–H groups in total. The first-order chi connectivity index (χ1) is 11.4. The van der Waals surface area contributed by atoms with Crippen LogP contribution in [0.25, 0.3) is 0 Å². The minimum Gasteiger partial charge on any atom is -0.483 e. The summed E-state index contributed by atoms with van der Waals surface area (Å²) in [6.45, 7) is 11.2. The first-order valence-corrected chi connectivity index (χ1v) is 8.41. The second-order valence-corrected chi connectivity index (χ2v) is 6.81. The molecule has 0 atom stereocenters. The van der Waals surface area contributed by atoms with Crippen LogP contribution >= 0.6 is 0 Å². The van der Waals surface area contributed by atoms with Gasteiger partial charge in [-0.3, -0.25) is 4.79 Å². The van der Waals surface area contributed by atoms with Crippen LogP contribution in [0, 0.1) is 12.8 Å². The predicted octanol–water partition coefficient (Wildman–Crippen LogP) is 3.99. The molecule has 5 nitrogen and oxygen atoms in total. The van der Waals surface area contributed by atoms with Crippen LogP contribution in [-0.4, -0.2) is 22.3 Å². The van der Waals surface area contributed by atoms with E-state index in [4.69, 9.17) is 4.74 Å². The van der Waals surface area contributed by atoms with Crippen molar-refractivity contribution < 1.29 is 9.53 Å². The summed E-state index contributed by atoms with van der Waals surface area (Å²) in [7, 11) is 0. The molecule has 2 aromatic rings. The van der Waals surface area contributed by atoms with Crippen molar-refractivity contribution in [2.45, 2.75) is 47.1 Å². The number of aromatic nitrogens is 2. The van der Waals surface area contributed by atoms with Crippen LogP contribution in [0.4, 0.5) is 5.82 Å². The number of anilines is 1. The number of carbonyl (C=O) groups excluding carboxylic acids is 1. The molecular weight excluding hydrogens is 302 g/mol. The predicted molar refractivity (Wildman–Crippen MR) is 96.5 cm³/mol. The molecule has 24 heavy (non-hydrogen) atoms. The molecule has 1 amide bonds. The number of amides is 1. The van der Waals surface area contributed by atoms with Crippen molar-refractivity contribution in [1.29, 1.82) is 0 Å². The van der Waals surface area contributed by atoms with E-state index in [1.807, 2.05) is 19.1 Å². The highest BCUT2D eigenvalue weighted by molar-refractivity contribution is 5.91. The van der Waals surface area contributed by atoms with Crippen molar-refractivity contribution in [3.63, 3.8) is 0 Å². The lowest BCUT2D eigenvalue weighted by Gasteiger charge is -2.14. The van der Waals surface area contributed by atoms with Crippen molar-refractivity contribution in [3.8, 4) is 5.75 Å². The standard InChI is InChI=1S/C19H27N3O2/c1-13(2)11-22-18(8-9-20-22)21-19(23)12-24-17-10-16(14(3)4)7-6-15(17)5/h6-10,13-14H,11-12H2,1-5H3,(H,21,23). The number of carbonyl (C=O) groups is 1. The van der Waals surface area contributed by atoms with Gasteiger partial charge in [0.05, 0.1) is 6.20 Å². The van der Waals surface area contributed by atoms with E-state index < -0.39 is 0 Å². The fourth-order valence-corrected chi connectivity index (χ4v) is 2.38. The molecule has 0 bridgehead atoms.